The molecule has 2 fully saturated rings. The summed E-state index contributed by atoms with van der Waals surface area (Å²) in [7, 11) is -1.26. The van der Waals surface area contributed by atoms with Crippen LogP contribution in [0.25, 0.3) is 0 Å². The summed E-state index contributed by atoms with van der Waals surface area (Å²) in [4.78, 5) is 0. The lowest BCUT2D eigenvalue weighted by Crippen LogP contribution is -2.71. The largest absolute Gasteiger partial charge is 0.726 e. The van der Waals surface area contributed by atoms with Crippen molar-refractivity contribution in [2.75, 3.05) is 39.4 Å². The molecule has 0 bridgehead atoms. The number of rotatable bonds is 24. The van der Waals surface area contributed by atoms with Crippen molar-refractivity contribution >= 4 is 21.3 Å². The van der Waals surface area contributed by atoms with Gasteiger partial charge in [0.25, 0.3) is 0 Å². The van der Waals surface area contributed by atoms with E-state index in [1.165, 1.54) is 14.2 Å². The third-order valence-electron chi connectivity index (χ3n) is 12.3. The molecule has 6 rings (SSSR count). The SMILES string of the molecule is CC[C@@H]1[C@@H](C)[C@H](OCc2ccc(OC)cc2)C[S+]1C[C@@H](OCc1ccccc1)[C@@H](OS(=O)(=O)[O-])[C@@H]1OC(C)(OC)C(C)(OC)O[C@H]1[C@H](COCc1ccccc1)OCc1ccccc1. The van der Waals surface area contributed by atoms with E-state index in [0.29, 0.717) is 18.1 Å². The predicted molar refractivity (Wildman–Crippen MR) is 243 cm³/mol. The minimum absolute atomic E-state index is 0.0187. The Labute approximate surface area is 382 Å². The Bertz CT molecular complexity index is 2080. The average Bonchev–Trinajstić information content (AvgIpc) is 3.61. The molecule has 350 valence electrons. The van der Waals surface area contributed by atoms with Crippen LogP contribution < -0.4 is 4.74 Å². The Morgan fingerprint density at radius 2 is 1.23 bits per heavy atom. The topological polar surface area (TPSA) is 150 Å². The summed E-state index contributed by atoms with van der Waals surface area (Å²) in [5, 5.41) is 0.196. The van der Waals surface area contributed by atoms with Gasteiger partial charge in [0, 0.05) is 20.1 Å². The molecule has 0 amide bonds. The maximum absolute atomic E-state index is 13.0. The predicted octanol–water partition coefficient (Wildman–Crippen LogP) is 7.37. The summed E-state index contributed by atoms with van der Waals surface area (Å²) in [6.07, 6.45) is -5.24. The molecule has 2 aliphatic heterocycles. The average molecular weight is 925 g/mol. The standard InChI is InChI=1S/C49H64O13S2/c1-8-44-35(2)42(58-31-39-24-26-40(53-5)27-25-39)33-63(44)34-43(59-30-38-22-16-11-17-23-38)46(62-64(50,51)52)47-45(60-48(3,54-6)49(4,55-7)61-47)41(57-29-37-20-14-10-15-21-37)32-56-28-36-18-12-9-13-19-36/h9-27,35,41-47H,8,28-34H2,1-7H3/t35-,41-,42+,43+,44+,45-,46+,47+,48?,49?,63?/m0/s1. The van der Waals surface area contributed by atoms with E-state index in [1.807, 2.05) is 115 Å². The summed E-state index contributed by atoms with van der Waals surface area (Å²) < 4.78 is 102. The fraction of sp³-hybridized carbons (Fsp3) is 0.510. The first-order valence-electron chi connectivity index (χ1n) is 21.7. The van der Waals surface area contributed by atoms with E-state index in [1.54, 1.807) is 21.0 Å². The number of hydrogen-bond donors (Lipinski definition) is 0. The quantitative estimate of drug-likeness (QED) is 0.0392. The van der Waals surface area contributed by atoms with Gasteiger partial charge in [0.2, 0.25) is 22.0 Å². The summed E-state index contributed by atoms with van der Waals surface area (Å²) in [5.74, 6) is -1.25. The van der Waals surface area contributed by atoms with Gasteiger partial charge in [-0.25, -0.2) is 8.42 Å². The molecule has 0 saturated carbocycles. The molecule has 0 spiro atoms. The Balaban J connectivity index is 1.38. The van der Waals surface area contributed by atoms with Crippen LogP contribution in [0.1, 0.15) is 56.4 Å². The first-order valence-corrected chi connectivity index (χ1v) is 24.7. The molecule has 4 aromatic carbocycles. The van der Waals surface area contributed by atoms with Crippen LogP contribution in [-0.4, -0.2) is 106 Å². The van der Waals surface area contributed by atoms with Crippen LogP contribution in [-0.2, 0) is 89.8 Å². The maximum atomic E-state index is 13.0. The first-order chi connectivity index (χ1) is 30.8. The Kier molecular flexibility index (Phi) is 18.2. The second-order valence-electron chi connectivity index (χ2n) is 16.5. The van der Waals surface area contributed by atoms with Crippen LogP contribution >= 0.6 is 0 Å². The van der Waals surface area contributed by atoms with E-state index in [0.717, 1.165) is 34.4 Å². The summed E-state index contributed by atoms with van der Waals surface area (Å²) in [5.41, 5.74) is 3.68. The molecule has 11 atom stereocenters. The van der Waals surface area contributed by atoms with Gasteiger partial charge in [0.1, 0.15) is 59.1 Å². The molecule has 0 N–H and O–H groups in total. The van der Waals surface area contributed by atoms with Gasteiger partial charge in [-0.1, -0.05) is 117 Å². The molecule has 2 saturated heterocycles. The van der Waals surface area contributed by atoms with Crippen molar-refractivity contribution in [3.8, 4) is 5.75 Å². The van der Waals surface area contributed by atoms with Crippen LogP contribution in [0.3, 0.4) is 0 Å². The molecular weight excluding hydrogens is 861 g/mol. The van der Waals surface area contributed by atoms with Crippen molar-refractivity contribution < 1.29 is 59.8 Å². The van der Waals surface area contributed by atoms with Gasteiger partial charge in [0.15, 0.2) is 0 Å². The lowest BCUT2D eigenvalue weighted by molar-refractivity contribution is -0.462. The molecule has 13 nitrogen and oxygen atoms in total. The monoisotopic (exact) mass is 924 g/mol. The molecule has 64 heavy (non-hydrogen) atoms. The fourth-order valence-corrected chi connectivity index (χ4v) is 12.3. The van der Waals surface area contributed by atoms with Crippen LogP contribution in [0.5, 0.6) is 5.75 Å². The third kappa shape index (κ3) is 13.1. The highest BCUT2D eigenvalue weighted by Crippen LogP contribution is 2.44. The summed E-state index contributed by atoms with van der Waals surface area (Å²) >= 11 is 0. The lowest BCUT2D eigenvalue weighted by atomic mass is 9.94. The number of ether oxygens (including phenoxy) is 9. The zero-order chi connectivity index (χ0) is 45.7. The minimum atomic E-state index is -5.40. The van der Waals surface area contributed by atoms with Crippen molar-refractivity contribution in [2.24, 2.45) is 5.92 Å². The normalized spacial score (nSPS) is 27.5. The molecular formula is C49H64O13S2. The molecule has 0 aliphatic carbocycles. The second-order valence-corrected chi connectivity index (χ2v) is 19.8. The van der Waals surface area contributed by atoms with E-state index in [4.69, 9.17) is 46.8 Å². The summed E-state index contributed by atoms with van der Waals surface area (Å²) in [6, 6.07) is 36.6. The number of benzene rings is 4. The Morgan fingerprint density at radius 3 is 1.75 bits per heavy atom. The van der Waals surface area contributed by atoms with Crippen molar-refractivity contribution in [1.29, 1.82) is 0 Å². The van der Waals surface area contributed by atoms with Crippen molar-refractivity contribution in [1.82, 2.24) is 0 Å². The van der Waals surface area contributed by atoms with Gasteiger partial charge in [-0.05, 0) is 65.5 Å². The third-order valence-corrected chi connectivity index (χ3v) is 15.9. The van der Waals surface area contributed by atoms with Crippen LogP contribution in [0.2, 0.25) is 0 Å². The summed E-state index contributed by atoms with van der Waals surface area (Å²) in [6.45, 7) is 8.54. The maximum Gasteiger partial charge on any atom is 0.220 e. The van der Waals surface area contributed by atoms with Crippen molar-refractivity contribution in [2.45, 2.75) is 114 Å². The second kappa shape index (κ2) is 23.3. The van der Waals surface area contributed by atoms with E-state index in [-0.39, 0.29) is 43.7 Å². The highest BCUT2D eigenvalue weighted by atomic mass is 32.3. The van der Waals surface area contributed by atoms with E-state index in [9.17, 15) is 13.0 Å². The molecule has 4 aromatic rings. The highest BCUT2D eigenvalue weighted by Gasteiger charge is 2.62. The van der Waals surface area contributed by atoms with Gasteiger partial charge in [0.05, 0.1) is 40.1 Å². The van der Waals surface area contributed by atoms with Gasteiger partial charge < -0.3 is 47.2 Å². The molecule has 3 unspecified atom stereocenters. The van der Waals surface area contributed by atoms with E-state index >= 15 is 0 Å². The van der Waals surface area contributed by atoms with Crippen molar-refractivity contribution in [3.05, 3.63) is 138 Å². The van der Waals surface area contributed by atoms with Crippen LogP contribution in [0.15, 0.2) is 115 Å². The molecule has 2 aliphatic rings. The highest BCUT2D eigenvalue weighted by molar-refractivity contribution is 7.97. The van der Waals surface area contributed by atoms with Crippen molar-refractivity contribution in [3.63, 3.8) is 0 Å². The Hall–Kier alpha value is -3.42. The fourth-order valence-electron chi connectivity index (χ4n) is 8.40. The molecule has 15 heteroatoms. The van der Waals surface area contributed by atoms with Crippen LogP contribution in [0, 0.1) is 5.92 Å². The molecule has 0 aromatic heterocycles. The van der Waals surface area contributed by atoms with Gasteiger partial charge in [-0.3, -0.25) is 4.18 Å². The zero-order valence-corrected chi connectivity index (χ0v) is 39.5. The van der Waals surface area contributed by atoms with Gasteiger partial charge in [-0.2, -0.15) is 0 Å². The lowest BCUT2D eigenvalue weighted by Gasteiger charge is -2.54. The van der Waals surface area contributed by atoms with Gasteiger partial charge in [-0.15, -0.1) is 0 Å². The smallest absolute Gasteiger partial charge is 0.220 e. The minimum Gasteiger partial charge on any atom is -0.726 e. The van der Waals surface area contributed by atoms with E-state index < -0.39 is 63.4 Å². The number of hydrogen-bond acceptors (Lipinski definition) is 13. The first kappa shape index (κ1) is 50.0. The number of methoxy groups -OCH3 is 3. The zero-order valence-electron chi connectivity index (χ0n) is 37.9. The van der Waals surface area contributed by atoms with Gasteiger partial charge >= 0.3 is 0 Å². The molecule has 2 heterocycles. The van der Waals surface area contributed by atoms with E-state index in [2.05, 4.69) is 13.8 Å². The van der Waals surface area contributed by atoms with Crippen LogP contribution in [0.4, 0.5) is 0 Å². The Morgan fingerprint density at radius 1 is 0.719 bits per heavy atom. The molecule has 0 radical (unpaired) electrons.